The zero-order chi connectivity index (χ0) is 19.6. The number of carbonyl (C=O) groups excluding carboxylic acids is 2. The first kappa shape index (κ1) is 18.2. The summed E-state index contributed by atoms with van der Waals surface area (Å²) in [4.78, 5) is 26.9. The van der Waals surface area contributed by atoms with Gasteiger partial charge in [0, 0.05) is 12.0 Å². The van der Waals surface area contributed by atoms with E-state index in [1.165, 1.54) is 4.90 Å². The molecule has 2 aromatic carbocycles. The van der Waals surface area contributed by atoms with Crippen molar-refractivity contribution in [1.29, 1.82) is 0 Å². The minimum Gasteiger partial charge on any atom is -0.494 e. The van der Waals surface area contributed by atoms with E-state index in [9.17, 15) is 9.59 Å². The van der Waals surface area contributed by atoms with Crippen LogP contribution in [-0.4, -0.2) is 43.2 Å². The molecule has 2 heterocycles. The largest absolute Gasteiger partial charge is 0.494 e. The highest BCUT2D eigenvalue weighted by Crippen LogP contribution is 2.40. The maximum absolute atomic E-state index is 13.1. The number of imide groups is 1. The summed E-state index contributed by atoms with van der Waals surface area (Å²) in [6, 6.07) is 14.2. The van der Waals surface area contributed by atoms with Gasteiger partial charge in [0.05, 0.1) is 19.8 Å². The molecule has 1 unspecified atom stereocenters. The van der Waals surface area contributed by atoms with E-state index in [4.69, 9.17) is 14.2 Å². The van der Waals surface area contributed by atoms with Crippen molar-refractivity contribution in [2.45, 2.75) is 18.9 Å². The van der Waals surface area contributed by atoms with Crippen molar-refractivity contribution in [3.8, 4) is 17.2 Å². The lowest BCUT2D eigenvalue weighted by atomic mass is 9.84. The van der Waals surface area contributed by atoms with Gasteiger partial charge in [0.25, 0.3) is 5.91 Å². The fourth-order valence-corrected chi connectivity index (χ4v) is 3.63. The molecule has 0 aromatic heterocycles. The number of para-hydroxylation sites is 1. The molecule has 1 atom stereocenters. The molecule has 0 aliphatic carbocycles. The molecule has 28 heavy (non-hydrogen) atoms. The van der Waals surface area contributed by atoms with Gasteiger partial charge in [-0.3, -0.25) is 9.69 Å². The van der Waals surface area contributed by atoms with Crippen LogP contribution in [0.5, 0.6) is 17.2 Å². The summed E-state index contributed by atoms with van der Waals surface area (Å²) in [6.07, 6.45) is 0.408. The van der Waals surface area contributed by atoms with Gasteiger partial charge < -0.3 is 19.5 Å². The molecule has 2 aliphatic heterocycles. The van der Waals surface area contributed by atoms with Gasteiger partial charge in [-0.25, -0.2) is 4.79 Å². The summed E-state index contributed by atoms with van der Waals surface area (Å²) in [5, 5.41) is 2.88. The molecule has 1 saturated heterocycles. The van der Waals surface area contributed by atoms with Gasteiger partial charge in [-0.1, -0.05) is 18.2 Å². The van der Waals surface area contributed by atoms with Crippen LogP contribution in [0.3, 0.4) is 0 Å². The summed E-state index contributed by atoms with van der Waals surface area (Å²) >= 11 is 0. The Morgan fingerprint density at radius 3 is 2.54 bits per heavy atom. The van der Waals surface area contributed by atoms with E-state index >= 15 is 0 Å². The highest BCUT2D eigenvalue weighted by atomic mass is 16.5. The number of benzene rings is 2. The van der Waals surface area contributed by atoms with Crippen molar-refractivity contribution in [2.75, 3.05) is 26.4 Å². The van der Waals surface area contributed by atoms with E-state index in [2.05, 4.69) is 5.32 Å². The topological polar surface area (TPSA) is 77.1 Å². The molecule has 1 spiro atoms. The summed E-state index contributed by atoms with van der Waals surface area (Å²) in [7, 11) is 0. The van der Waals surface area contributed by atoms with Crippen molar-refractivity contribution in [2.24, 2.45) is 0 Å². The number of nitrogens with one attached hydrogen (secondary N) is 1. The third kappa shape index (κ3) is 3.13. The lowest BCUT2D eigenvalue weighted by molar-refractivity contribution is -0.132. The smallest absolute Gasteiger partial charge is 0.325 e. The van der Waals surface area contributed by atoms with E-state index in [-0.39, 0.29) is 19.1 Å². The van der Waals surface area contributed by atoms with Crippen LogP contribution in [0.15, 0.2) is 48.5 Å². The zero-order valence-corrected chi connectivity index (χ0v) is 15.6. The zero-order valence-electron chi connectivity index (χ0n) is 15.6. The van der Waals surface area contributed by atoms with Gasteiger partial charge in [-0.2, -0.15) is 0 Å². The van der Waals surface area contributed by atoms with Crippen molar-refractivity contribution in [1.82, 2.24) is 10.2 Å². The number of amides is 3. The second-order valence-corrected chi connectivity index (χ2v) is 6.64. The van der Waals surface area contributed by atoms with Crippen molar-refractivity contribution >= 4 is 11.9 Å². The first-order valence-electron chi connectivity index (χ1n) is 9.36. The van der Waals surface area contributed by atoms with Crippen LogP contribution >= 0.6 is 0 Å². The van der Waals surface area contributed by atoms with Crippen molar-refractivity contribution < 1.29 is 23.8 Å². The molecule has 2 aliphatic rings. The minimum atomic E-state index is -1.05. The standard InChI is InChI=1S/C21H22N2O5/c1-2-26-15-7-9-16(10-8-15)27-14-12-23-19(24)21(22-20(23)25)11-13-28-18-6-4-3-5-17(18)21/h3-10H,2,11-14H2,1H3,(H,22,25). The number of hydrogen-bond acceptors (Lipinski definition) is 5. The van der Waals surface area contributed by atoms with Crippen LogP contribution in [0.2, 0.25) is 0 Å². The summed E-state index contributed by atoms with van der Waals surface area (Å²) < 4.78 is 16.7. The Kier molecular flexibility index (Phi) is 4.81. The Morgan fingerprint density at radius 1 is 1.07 bits per heavy atom. The first-order chi connectivity index (χ1) is 13.6. The molecule has 0 bridgehead atoms. The molecule has 1 N–H and O–H groups in total. The molecule has 2 aromatic rings. The quantitative estimate of drug-likeness (QED) is 0.778. The Bertz CT molecular complexity index is 883. The van der Waals surface area contributed by atoms with Crippen LogP contribution in [0.25, 0.3) is 0 Å². The number of rotatable bonds is 6. The number of ether oxygens (including phenoxy) is 3. The summed E-state index contributed by atoms with van der Waals surface area (Å²) in [6.45, 7) is 3.28. The van der Waals surface area contributed by atoms with Crippen LogP contribution < -0.4 is 19.5 Å². The summed E-state index contributed by atoms with van der Waals surface area (Å²) in [5.41, 5.74) is -0.347. The Morgan fingerprint density at radius 2 is 1.79 bits per heavy atom. The fourth-order valence-electron chi connectivity index (χ4n) is 3.63. The molecule has 7 nitrogen and oxygen atoms in total. The minimum absolute atomic E-state index is 0.169. The third-order valence-electron chi connectivity index (χ3n) is 4.98. The predicted octanol–water partition coefficient (Wildman–Crippen LogP) is 2.69. The van der Waals surface area contributed by atoms with Crippen LogP contribution in [0.4, 0.5) is 4.79 Å². The van der Waals surface area contributed by atoms with E-state index in [0.29, 0.717) is 36.7 Å². The molecular formula is C21H22N2O5. The second-order valence-electron chi connectivity index (χ2n) is 6.64. The average Bonchev–Trinajstić information content (AvgIpc) is 2.94. The normalized spacial score (nSPS) is 20.5. The lowest BCUT2D eigenvalue weighted by Crippen LogP contribution is -2.47. The van der Waals surface area contributed by atoms with Gasteiger partial charge >= 0.3 is 6.03 Å². The maximum Gasteiger partial charge on any atom is 0.325 e. The molecule has 7 heteroatoms. The molecule has 4 rings (SSSR count). The highest BCUT2D eigenvalue weighted by Gasteiger charge is 2.54. The molecule has 146 valence electrons. The monoisotopic (exact) mass is 382 g/mol. The third-order valence-corrected chi connectivity index (χ3v) is 4.98. The average molecular weight is 382 g/mol. The second kappa shape index (κ2) is 7.42. The molecule has 3 amide bonds. The van der Waals surface area contributed by atoms with Gasteiger partial charge in [0.15, 0.2) is 5.54 Å². The van der Waals surface area contributed by atoms with Gasteiger partial charge in [0.1, 0.15) is 23.9 Å². The number of nitrogens with zero attached hydrogens (tertiary/aromatic N) is 1. The van der Waals surface area contributed by atoms with E-state index in [1.807, 2.05) is 43.3 Å². The maximum atomic E-state index is 13.1. The van der Waals surface area contributed by atoms with Gasteiger partial charge in [0.2, 0.25) is 0 Å². The molecular weight excluding hydrogens is 360 g/mol. The number of hydrogen-bond donors (Lipinski definition) is 1. The van der Waals surface area contributed by atoms with Crippen LogP contribution in [0.1, 0.15) is 18.9 Å². The number of fused-ring (bicyclic) bond motifs is 2. The van der Waals surface area contributed by atoms with E-state index in [0.717, 1.165) is 5.75 Å². The van der Waals surface area contributed by atoms with Crippen molar-refractivity contribution in [3.05, 3.63) is 54.1 Å². The number of urea groups is 1. The molecule has 0 saturated carbocycles. The van der Waals surface area contributed by atoms with Crippen LogP contribution in [-0.2, 0) is 10.3 Å². The van der Waals surface area contributed by atoms with Crippen molar-refractivity contribution in [3.63, 3.8) is 0 Å². The van der Waals surface area contributed by atoms with Gasteiger partial charge in [-0.15, -0.1) is 0 Å². The summed E-state index contributed by atoms with van der Waals surface area (Å²) in [5.74, 6) is 1.80. The SMILES string of the molecule is CCOc1ccc(OCCN2C(=O)NC3(CCOc4ccccc43)C2=O)cc1. The Hall–Kier alpha value is -3.22. The lowest BCUT2D eigenvalue weighted by Gasteiger charge is -2.33. The Labute approximate surface area is 163 Å². The predicted molar refractivity (Wildman–Crippen MR) is 102 cm³/mol. The molecule has 1 fully saturated rings. The highest BCUT2D eigenvalue weighted by molar-refractivity contribution is 6.08. The van der Waals surface area contributed by atoms with Crippen LogP contribution in [0, 0.1) is 0 Å². The number of carbonyl (C=O) groups is 2. The van der Waals surface area contributed by atoms with Gasteiger partial charge in [-0.05, 0) is 37.3 Å². The Balaban J connectivity index is 1.43. The molecule has 0 radical (unpaired) electrons. The fraction of sp³-hybridized carbons (Fsp3) is 0.333. The first-order valence-corrected chi connectivity index (χ1v) is 9.36. The van der Waals surface area contributed by atoms with E-state index < -0.39 is 11.6 Å². The van der Waals surface area contributed by atoms with E-state index in [1.54, 1.807) is 12.1 Å².